The van der Waals surface area contributed by atoms with Crippen LogP contribution in [0, 0.1) is 17.8 Å². The molecule has 4 heteroatoms. The lowest BCUT2D eigenvalue weighted by atomic mass is 9.73. The fraction of sp³-hybridized carbons (Fsp3) is 0.643. The Hall–Kier alpha value is -1.45. The van der Waals surface area contributed by atoms with Crippen LogP contribution in [-0.4, -0.2) is 21.1 Å². The Morgan fingerprint density at radius 2 is 2.22 bits per heavy atom. The Bertz CT molecular complexity index is 462. The van der Waals surface area contributed by atoms with Gasteiger partial charge in [0.15, 0.2) is 5.78 Å². The van der Waals surface area contributed by atoms with E-state index in [1.54, 1.807) is 17.1 Å². The van der Waals surface area contributed by atoms with Crippen molar-refractivity contribution in [3.05, 3.63) is 18.2 Å². The van der Waals surface area contributed by atoms with E-state index in [4.69, 9.17) is 0 Å². The summed E-state index contributed by atoms with van der Waals surface area (Å²) >= 11 is 0. The molecular weight excluding hydrogens is 228 g/mol. The maximum atomic E-state index is 12.3. The topological polar surface area (TPSA) is 52.0 Å². The summed E-state index contributed by atoms with van der Waals surface area (Å²) in [4.78, 5) is 28.3. The van der Waals surface area contributed by atoms with E-state index in [0.717, 1.165) is 6.42 Å². The second-order valence-corrected chi connectivity index (χ2v) is 5.59. The van der Waals surface area contributed by atoms with Crippen molar-refractivity contribution in [1.82, 2.24) is 9.55 Å². The molecule has 1 aromatic heterocycles. The average Bonchev–Trinajstić information content (AvgIpc) is 2.75. The van der Waals surface area contributed by atoms with Crippen LogP contribution in [-0.2, 0) is 11.8 Å². The van der Waals surface area contributed by atoms with Crippen molar-refractivity contribution in [3.8, 4) is 0 Å². The Morgan fingerprint density at radius 1 is 1.50 bits per heavy atom. The van der Waals surface area contributed by atoms with Gasteiger partial charge in [0, 0.05) is 19.7 Å². The van der Waals surface area contributed by atoms with Gasteiger partial charge in [-0.3, -0.25) is 9.59 Å². The number of nitrogens with zero attached hydrogens (tertiary/aromatic N) is 2. The summed E-state index contributed by atoms with van der Waals surface area (Å²) in [6.07, 6.45) is 5.43. The molecule has 0 radical (unpaired) electrons. The van der Waals surface area contributed by atoms with Gasteiger partial charge in [0.1, 0.15) is 11.5 Å². The standard InChI is InChI=1S/C14H20N2O2/c1-9(2)10-4-5-13(17)11(6-10)14(18)12-7-16(3)8-15-12/h7-11H,4-6H2,1-3H3. The van der Waals surface area contributed by atoms with Crippen LogP contribution >= 0.6 is 0 Å². The molecule has 1 fully saturated rings. The number of hydrogen-bond acceptors (Lipinski definition) is 3. The first-order valence-corrected chi connectivity index (χ1v) is 6.54. The maximum absolute atomic E-state index is 12.3. The molecule has 0 saturated heterocycles. The monoisotopic (exact) mass is 248 g/mol. The van der Waals surface area contributed by atoms with Crippen LogP contribution in [0.3, 0.4) is 0 Å². The highest BCUT2D eigenvalue weighted by molar-refractivity contribution is 6.10. The summed E-state index contributed by atoms with van der Waals surface area (Å²) < 4.78 is 1.74. The predicted molar refractivity (Wildman–Crippen MR) is 68.2 cm³/mol. The van der Waals surface area contributed by atoms with Crippen molar-refractivity contribution < 1.29 is 9.59 Å². The summed E-state index contributed by atoms with van der Waals surface area (Å²) in [5.41, 5.74) is 0.417. The van der Waals surface area contributed by atoms with Gasteiger partial charge in [-0.2, -0.15) is 0 Å². The van der Waals surface area contributed by atoms with E-state index in [1.165, 1.54) is 0 Å². The molecule has 98 valence electrons. The predicted octanol–water partition coefficient (Wildman–Crippen LogP) is 2.24. The lowest BCUT2D eigenvalue weighted by molar-refractivity contribution is -0.124. The van der Waals surface area contributed by atoms with E-state index in [0.29, 0.717) is 30.4 Å². The van der Waals surface area contributed by atoms with Crippen LogP contribution in [0.2, 0.25) is 0 Å². The first-order valence-electron chi connectivity index (χ1n) is 6.54. The minimum Gasteiger partial charge on any atom is -0.340 e. The van der Waals surface area contributed by atoms with Gasteiger partial charge in [-0.25, -0.2) is 4.98 Å². The first kappa shape index (κ1) is 13.0. The van der Waals surface area contributed by atoms with Crippen molar-refractivity contribution in [2.75, 3.05) is 0 Å². The van der Waals surface area contributed by atoms with Crippen LogP contribution < -0.4 is 0 Å². The molecule has 0 N–H and O–H groups in total. The molecule has 1 aromatic rings. The van der Waals surface area contributed by atoms with Gasteiger partial charge >= 0.3 is 0 Å². The third-order valence-electron chi connectivity index (χ3n) is 3.91. The van der Waals surface area contributed by atoms with E-state index < -0.39 is 5.92 Å². The van der Waals surface area contributed by atoms with Gasteiger partial charge in [-0.1, -0.05) is 13.8 Å². The van der Waals surface area contributed by atoms with Crippen LogP contribution in [0.1, 0.15) is 43.6 Å². The summed E-state index contributed by atoms with van der Waals surface area (Å²) in [5.74, 6) is 0.507. The lowest BCUT2D eigenvalue weighted by Crippen LogP contribution is -2.33. The highest BCUT2D eigenvalue weighted by Crippen LogP contribution is 2.33. The fourth-order valence-corrected chi connectivity index (χ4v) is 2.63. The van der Waals surface area contributed by atoms with Gasteiger partial charge in [0.05, 0.1) is 12.2 Å². The van der Waals surface area contributed by atoms with E-state index in [2.05, 4.69) is 18.8 Å². The molecule has 2 atom stereocenters. The van der Waals surface area contributed by atoms with E-state index in [9.17, 15) is 9.59 Å². The fourth-order valence-electron chi connectivity index (χ4n) is 2.63. The molecule has 1 saturated carbocycles. The zero-order valence-electron chi connectivity index (χ0n) is 11.2. The van der Waals surface area contributed by atoms with Crippen LogP contribution in [0.4, 0.5) is 0 Å². The highest BCUT2D eigenvalue weighted by atomic mass is 16.2. The number of hydrogen-bond donors (Lipinski definition) is 0. The number of carbonyl (C=O) groups excluding carboxylic acids is 2. The number of Topliss-reactive ketones (excluding diaryl/α,β-unsaturated/α-hetero) is 2. The zero-order valence-corrected chi connectivity index (χ0v) is 11.2. The number of carbonyl (C=O) groups is 2. The van der Waals surface area contributed by atoms with Crippen molar-refractivity contribution >= 4 is 11.6 Å². The van der Waals surface area contributed by atoms with E-state index in [-0.39, 0.29) is 11.6 Å². The van der Waals surface area contributed by atoms with Crippen molar-refractivity contribution in [2.45, 2.75) is 33.1 Å². The smallest absolute Gasteiger partial charge is 0.193 e. The molecule has 1 heterocycles. The molecule has 0 spiro atoms. The second kappa shape index (κ2) is 5.04. The molecule has 0 bridgehead atoms. The summed E-state index contributed by atoms with van der Waals surface area (Å²) in [7, 11) is 1.82. The van der Waals surface area contributed by atoms with Crippen molar-refractivity contribution in [3.63, 3.8) is 0 Å². The van der Waals surface area contributed by atoms with Crippen molar-refractivity contribution in [1.29, 1.82) is 0 Å². The zero-order chi connectivity index (χ0) is 13.3. The van der Waals surface area contributed by atoms with E-state index >= 15 is 0 Å². The molecule has 2 rings (SSSR count). The number of imidazole rings is 1. The molecule has 1 aliphatic carbocycles. The average molecular weight is 248 g/mol. The Labute approximate surface area is 107 Å². The van der Waals surface area contributed by atoms with Gasteiger partial charge in [-0.05, 0) is 24.7 Å². The van der Waals surface area contributed by atoms with Crippen LogP contribution in [0.5, 0.6) is 0 Å². The quantitative estimate of drug-likeness (QED) is 0.609. The Morgan fingerprint density at radius 3 is 2.78 bits per heavy atom. The largest absolute Gasteiger partial charge is 0.340 e. The summed E-state index contributed by atoms with van der Waals surface area (Å²) in [5, 5.41) is 0. The Kier molecular flexibility index (Phi) is 3.64. The summed E-state index contributed by atoms with van der Waals surface area (Å²) in [6, 6.07) is 0. The van der Waals surface area contributed by atoms with Gasteiger partial charge in [0.2, 0.25) is 0 Å². The first-order chi connectivity index (χ1) is 8.49. The summed E-state index contributed by atoms with van der Waals surface area (Å²) in [6.45, 7) is 4.31. The van der Waals surface area contributed by atoms with Gasteiger partial charge in [-0.15, -0.1) is 0 Å². The number of aromatic nitrogens is 2. The molecule has 0 aromatic carbocycles. The van der Waals surface area contributed by atoms with Gasteiger partial charge < -0.3 is 4.57 Å². The van der Waals surface area contributed by atoms with Crippen LogP contribution in [0.25, 0.3) is 0 Å². The molecule has 0 aliphatic heterocycles. The van der Waals surface area contributed by atoms with Crippen molar-refractivity contribution in [2.24, 2.45) is 24.8 Å². The second-order valence-electron chi connectivity index (χ2n) is 5.59. The maximum Gasteiger partial charge on any atom is 0.193 e. The SMILES string of the molecule is CC(C)C1CCC(=O)C(C(=O)c2cn(C)cn2)C1. The molecule has 0 amide bonds. The lowest BCUT2D eigenvalue weighted by Gasteiger charge is -2.29. The molecule has 4 nitrogen and oxygen atoms in total. The van der Waals surface area contributed by atoms with E-state index in [1.807, 2.05) is 7.05 Å². The van der Waals surface area contributed by atoms with Gasteiger partial charge in [0.25, 0.3) is 0 Å². The molecule has 18 heavy (non-hydrogen) atoms. The normalized spacial score (nSPS) is 24.6. The molecule has 2 unspecified atom stereocenters. The third-order valence-corrected chi connectivity index (χ3v) is 3.91. The number of ketones is 2. The Balaban J connectivity index is 2.15. The minimum atomic E-state index is -0.471. The number of rotatable bonds is 3. The third kappa shape index (κ3) is 2.52. The molecule has 1 aliphatic rings. The minimum absolute atomic E-state index is 0.0857. The molecular formula is C14H20N2O2. The van der Waals surface area contributed by atoms with Crippen LogP contribution in [0.15, 0.2) is 12.5 Å². The number of aryl methyl sites for hydroxylation is 1. The highest BCUT2D eigenvalue weighted by Gasteiger charge is 2.35.